The molecule has 0 saturated heterocycles. The lowest BCUT2D eigenvalue weighted by molar-refractivity contribution is 0.669. The Morgan fingerprint density at radius 2 is 0.933 bits per heavy atom. The van der Waals surface area contributed by atoms with Gasteiger partial charge in [-0.3, -0.25) is 0 Å². The van der Waals surface area contributed by atoms with E-state index in [1.54, 1.807) is 11.3 Å². The molecule has 0 radical (unpaired) electrons. The summed E-state index contributed by atoms with van der Waals surface area (Å²) in [6, 6.07) is 67.3. The summed E-state index contributed by atoms with van der Waals surface area (Å²) in [5.41, 5.74) is 11.4. The topological polar surface area (TPSA) is 64.7 Å². The summed E-state index contributed by atoms with van der Waals surface area (Å²) in [6.45, 7) is 0. The van der Waals surface area contributed by atoms with Gasteiger partial charge >= 0.3 is 0 Å². The highest BCUT2D eigenvalue weighted by molar-refractivity contribution is 7.26. The Hall–Kier alpha value is -7.80. The quantitative estimate of drug-likeness (QED) is 0.168. The fourth-order valence-electron chi connectivity index (χ4n) is 8.48. The largest absolute Gasteiger partial charge is 0.454 e. The van der Waals surface area contributed by atoms with Crippen molar-refractivity contribution in [2.45, 2.75) is 0 Å². The van der Waals surface area contributed by atoms with Crippen molar-refractivity contribution in [2.75, 3.05) is 0 Å². The number of furan rings is 1. The molecule has 8 aromatic carbocycles. The maximum absolute atomic E-state index is 6.72. The minimum absolute atomic E-state index is 0.583. The Bertz CT molecular complexity index is 3600. The van der Waals surface area contributed by atoms with Gasteiger partial charge in [0.05, 0.1) is 5.52 Å². The van der Waals surface area contributed by atoms with Crippen LogP contribution in [-0.2, 0) is 0 Å². The number of para-hydroxylation sites is 2. The number of aromatic nitrogens is 4. The molecule has 0 unspecified atom stereocenters. The van der Waals surface area contributed by atoms with Crippen LogP contribution in [0.3, 0.4) is 0 Å². The molecule has 0 saturated carbocycles. The first-order valence-corrected chi connectivity index (χ1v) is 20.8. The summed E-state index contributed by atoms with van der Waals surface area (Å²) >= 11 is 1.77. The molecule has 0 atom stereocenters. The van der Waals surface area contributed by atoms with Crippen LogP contribution >= 0.6 is 11.3 Å². The number of hydrogen-bond donors (Lipinski definition) is 0. The van der Waals surface area contributed by atoms with Crippen LogP contribution in [0.15, 0.2) is 199 Å². The van der Waals surface area contributed by atoms with Crippen LogP contribution in [0.1, 0.15) is 0 Å². The smallest absolute Gasteiger partial charge is 0.165 e. The van der Waals surface area contributed by atoms with Crippen molar-refractivity contribution >= 4 is 64.4 Å². The van der Waals surface area contributed by atoms with Crippen LogP contribution in [0.25, 0.3) is 121 Å². The van der Waals surface area contributed by atoms with Gasteiger partial charge in [-0.05, 0) is 41.0 Å². The zero-order chi connectivity index (χ0) is 39.6. The lowest BCUT2D eigenvalue weighted by Gasteiger charge is -2.12. The zero-order valence-corrected chi connectivity index (χ0v) is 32.9. The van der Waals surface area contributed by atoms with Crippen molar-refractivity contribution < 1.29 is 4.42 Å². The molecular formula is C54H32N4OS. The molecular weight excluding hydrogens is 753 g/mol. The highest BCUT2D eigenvalue weighted by Crippen LogP contribution is 2.43. The Balaban J connectivity index is 1.05. The summed E-state index contributed by atoms with van der Waals surface area (Å²) in [5.74, 6) is 1.83. The van der Waals surface area contributed by atoms with Gasteiger partial charge in [0, 0.05) is 64.1 Å². The Morgan fingerprint density at radius 1 is 0.367 bits per heavy atom. The number of hydrogen-bond acceptors (Lipinski definition) is 6. The molecule has 0 aliphatic rings. The fourth-order valence-corrected chi connectivity index (χ4v) is 9.69. The summed E-state index contributed by atoms with van der Waals surface area (Å²) in [5, 5.41) is 5.58. The Labute approximate surface area is 348 Å². The van der Waals surface area contributed by atoms with E-state index in [1.807, 2.05) is 48.5 Å². The zero-order valence-electron chi connectivity index (χ0n) is 32.1. The molecule has 12 rings (SSSR count). The van der Waals surface area contributed by atoms with E-state index in [0.717, 1.165) is 76.6 Å². The highest BCUT2D eigenvalue weighted by Gasteiger charge is 2.21. The minimum Gasteiger partial charge on any atom is -0.454 e. The third-order valence-electron chi connectivity index (χ3n) is 11.3. The van der Waals surface area contributed by atoms with Gasteiger partial charge in [-0.15, -0.1) is 11.3 Å². The monoisotopic (exact) mass is 784 g/mol. The highest BCUT2D eigenvalue weighted by atomic mass is 32.1. The van der Waals surface area contributed by atoms with Crippen molar-refractivity contribution in [2.24, 2.45) is 0 Å². The first-order valence-electron chi connectivity index (χ1n) is 20.0. The van der Waals surface area contributed by atoms with Crippen molar-refractivity contribution in [1.29, 1.82) is 0 Å². The van der Waals surface area contributed by atoms with E-state index >= 15 is 0 Å². The second kappa shape index (κ2) is 13.9. The van der Waals surface area contributed by atoms with Crippen LogP contribution in [0.4, 0.5) is 0 Å². The molecule has 5 nitrogen and oxygen atoms in total. The van der Waals surface area contributed by atoms with Crippen LogP contribution in [0.2, 0.25) is 0 Å². The maximum Gasteiger partial charge on any atom is 0.165 e. The number of fused-ring (bicyclic) bond motifs is 8. The van der Waals surface area contributed by atoms with E-state index in [4.69, 9.17) is 24.4 Å². The van der Waals surface area contributed by atoms with Gasteiger partial charge < -0.3 is 4.42 Å². The van der Waals surface area contributed by atoms with E-state index in [0.29, 0.717) is 17.5 Å². The molecule has 0 N–H and O–H groups in total. The van der Waals surface area contributed by atoms with Gasteiger partial charge in [-0.25, -0.2) is 19.9 Å². The predicted molar refractivity (Wildman–Crippen MR) is 248 cm³/mol. The van der Waals surface area contributed by atoms with Crippen molar-refractivity contribution in [3.63, 3.8) is 0 Å². The van der Waals surface area contributed by atoms with Crippen LogP contribution < -0.4 is 0 Å². The van der Waals surface area contributed by atoms with Crippen LogP contribution in [0.5, 0.6) is 0 Å². The van der Waals surface area contributed by atoms with Gasteiger partial charge in [-0.1, -0.05) is 170 Å². The van der Waals surface area contributed by atoms with Gasteiger partial charge in [-0.2, -0.15) is 0 Å². The van der Waals surface area contributed by atoms with Gasteiger partial charge in [0.15, 0.2) is 23.1 Å². The van der Waals surface area contributed by atoms with E-state index in [2.05, 4.69) is 146 Å². The fraction of sp³-hybridized carbons (Fsp3) is 0. The van der Waals surface area contributed by atoms with Crippen molar-refractivity contribution in [3.8, 4) is 67.7 Å². The average Bonchev–Trinajstić information content (AvgIpc) is 3.91. The standard InChI is InChI=1S/C54H32N4OS/c1-3-14-33(15-4-1)34-28-30-35(31-29-34)39-22-12-24-43-47-42-21-7-9-26-45(42)59-50(47)48(55-49(39)43)37-18-11-19-38(32-37)53-56-52(36-16-5-2-6-17-36)57-54(58-53)44-25-13-23-41-40-20-8-10-27-46(40)60-51(41)44/h1-32H. The first kappa shape index (κ1) is 34.3. The maximum atomic E-state index is 6.72. The molecule has 4 heterocycles. The lowest BCUT2D eigenvalue weighted by Crippen LogP contribution is -2.00. The molecule has 0 aliphatic carbocycles. The molecule has 6 heteroatoms. The molecule has 0 aliphatic heterocycles. The second-order valence-electron chi connectivity index (χ2n) is 14.9. The number of rotatable bonds is 6. The second-order valence-corrected chi connectivity index (χ2v) is 16.0. The lowest BCUT2D eigenvalue weighted by atomic mass is 9.96. The SMILES string of the molecule is c1ccc(-c2ccc(-c3cccc4c3nc(-c3cccc(-c5nc(-c6ccccc6)nc(-c6cccc7c6sc6ccccc67)n5)c3)c3oc5ccccc5c34)cc2)cc1. The summed E-state index contributed by atoms with van der Waals surface area (Å²) in [4.78, 5) is 21.0. The van der Waals surface area contributed by atoms with Crippen LogP contribution in [0, 0.1) is 0 Å². The molecule has 60 heavy (non-hydrogen) atoms. The summed E-state index contributed by atoms with van der Waals surface area (Å²) in [6.07, 6.45) is 0. The Kier molecular flexibility index (Phi) is 7.96. The molecule has 0 amide bonds. The van der Waals surface area contributed by atoms with Crippen molar-refractivity contribution in [3.05, 3.63) is 194 Å². The van der Waals surface area contributed by atoms with Crippen molar-refractivity contribution in [1.82, 2.24) is 19.9 Å². The average molecular weight is 785 g/mol. The minimum atomic E-state index is 0.583. The van der Waals surface area contributed by atoms with Crippen LogP contribution in [-0.4, -0.2) is 19.9 Å². The van der Waals surface area contributed by atoms with Gasteiger partial charge in [0.25, 0.3) is 0 Å². The molecule has 280 valence electrons. The number of nitrogens with zero attached hydrogens (tertiary/aromatic N) is 4. The number of pyridine rings is 1. The number of thiophene rings is 1. The van der Waals surface area contributed by atoms with E-state index in [9.17, 15) is 0 Å². The van der Waals surface area contributed by atoms with E-state index < -0.39 is 0 Å². The number of benzene rings is 8. The summed E-state index contributed by atoms with van der Waals surface area (Å²) in [7, 11) is 0. The third-order valence-corrected chi connectivity index (χ3v) is 12.6. The van der Waals surface area contributed by atoms with E-state index in [1.165, 1.54) is 26.6 Å². The molecule has 0 spiro atoms. The normalized spacial score (nSPS) is 11.7. The summed E-state index contributed by atoms with van der Waals surface area (Å²) < 4.78 is 9.11. The predicted octanol–water partition coefficient (Wildman–Crippen LogP) is 14.7. The van der Waals surface area contributed by atoms with Gasteiger partial charge in [0.1, 0.15) is 11.3 Å². The Morgan fingerprint density at radius 3 is 1.75 bits per heavy atom. The third kappa shape index (κ3) is 5.69. The first-order chi connectivity index (χ1) is 29.7. The molecule has 4 aromatic heterocycles. The van der Waals surface area contributed by atoms with Gasteiger partial charge in [0.2, 0.25) is 0 Å². The van der Waals surface area contributed by atoms with E-state index in [-0.39, 0.29) is 0 Å². The molecule has 0 fully saturated rings. The molecule has 0 bridgehead atoms. The molecule has 12 aromatic rings.